The SMILES string of the molecule is COc1cc2c(cc1OC)C(CC(=O)Nc1ccc(Cl)cc1Cl)=NC(C)(C)C2. The van der Waals surface area contributed by atoms with Gasteiger partial charge in [-0.15, -0.1) is 0 Å². The van der Waals surface area contributed by atoms with Crippen molar-refractivity contribution in [2.24, 2.45) is 4.99 Å². The molecular formula is C21H22Cl2N2O3. The van der Waals surface area contributed by atoms with Crippen molar-refractivity contribution >= 4 is 40.5 Å². The van der Waals surface area contributed by atoms with E-state index in [1.807, 2.05) is 26.0 Å². The van der Waals surface area contributed by atoms with Crippen LogP contribution in [0.15, 0.2) is 35.3 Å². The van der Waals surface area contributed by atoms with Gasteiger partial charge >= 0.3 is 0 Å². The van der Waals surface area contributed by atoms with Crippen LogP contribution in [-0.2, 0) is 11.2 Å². The second-order valence-corrected chi connectivity index (χ2v) is 8.10. The molecule has 1 heterocycles. The van der Waals surface area contributed by atoms with Crippen molar-refractivity contribution in [3.05, 3.63) is 51.5 Å². The molecule has 0 unspecified atom stereocenters. The lowest BCUT2D eigenvalue weighted by Gasteiger charge is -2.29. The monoisotopic (exact) mass is 420 g/mol. The highest BCUT2D eigenvalue weighted by atomic mass is 35.5. The van der Waals surface area contributed by atoms with E-state index in [-0.39, 0.29) is 17.9 Å². The van der Waals surface area contributed by atoms with Gasteiger partial charge in [0, 0.05) is 10.6 Å². The maximum absolute atomic E-state index is 12.7. The van der Waals surface area contributed by atoms with E-state index in [1.54, 1.807) is 32.4 Å². The Kier molecular flexibility index (Phi) is 5.87. The van der Waals surface area contributed by atoms with Crippen LogP contribution in [0.25, 0.3) is 0 Å². The number of nitrogens with zero attached hydrogens (tertiary/aromatic N) is 1. The quantitative estimate of drug-likeness (QED) is 0.725. The number of anilines is 1. The number of nitrogens with one attached hydrogen (secondary N) is 1. The molecule has 0 saturated carbocycles. The number of methoxy groups -OCH3 is 2. The standard InChI is InChI=1S/C21H22Cl2N2O3/c1-21(2)11-12-7-18(27-3)19(28-4)9-14(12)17(25-21)10-20(26)24-16-6-5-13(22)8-15(16)23/h5-9H,10-11H2,1-4H3,(H,24,26). The van der Waals surface area contributed by atoms with Crippen LogP contribution in [0.3, 0.4) is 0 Å². The maximum atomic E-state index is 12.7. The maximum Gasteiger partial charge on any atom is 0.230 e. The first-order valence-electron chi connectivity index (χ1n) is 8.81. The largest absolute Gasteiger partial charge is 0.493 e. The van der Waals surface area contributed by atoms with E-state index in [4.69, 9.17) is 37.7 Å². The zero-order chi connectivity index (χ0) is 20.5. The summed E-state index contributed by atoms with van der Waals surface area (Å²) in [6, 6.07) is 8.78. The van der Waals surface area contributed by atoms with Crippen molar-refractivity contribution in [1.82, 2.24) is 0 Å². The van der Waals surface area contributed by atoms with Gasteiger partial charge in [-0.2, -0.15) is 0 Å². The molecule has 0 spiro atoms. The molecule has 7 heteroatoms. The first-order chi connectivity index (χ1) is 13.2. The lowest BCUT2D eigenvalue weighted by atomic mass is 9.85. The summed E-state index contributed by atoms with van der Waals surface area (Å²) in [6.07, 6.45) is 0.863. The molecule has 0 bridgehead atoms. The van der Waals surface area contributed by atoms with Gasteiger partial charge in [0.1, 0.15) is 0 Å². The van der Waals surface area contributed by atoms with Gasteiger partial charge in [-0.3, -0.25) is 9.79 Å². The Bertz CT molecular complexity index is 955. The number of amides is 1. The average molecular weight is 421 g/mol. The first-order valence-corrected chi connectivity index (χ1v) is 9.57. The van der Waals surface area contributed by atoms with E-state index in [0.29, 0.717) is 32.9 Å². The molecule has 2 aromatic carbocycles. The molecule has 1 amide bonds. The van der Waals surface area contributed by atoms with Crippen LogP contribution >= 0.6 is 23.2 Å². The van der Waals surface area contributed by atoms with Crippen LogP contribution in [0.4, 0.5) is 5.69 Å². The van der Waals surface area contributed by atoms with Crippen molar-refractivity contribution in [2.45, 2.75) is 32.2 Å². The summed E-state index contributed by atoms with van der Waals surface area (Å²) in [6.45, 7) is 4.08. The van der Waals surface area contributed by atoms with Gasteiger partial charge in [-0.05, 0) is 56.2 Å². The predicted octanol–water partition coefficient (Wildman–Crippen LogP) is 5.16. The molecule has 0 saturated heterocycles. The molecule has 0 aliphatic carbocycles. The zero-order valence-electron chi connectivity index (χ0n) is 16.2. The Hall–Kier alpha value is -2.24. The summed E-state index contributed by atoms with van der Waals surface area (Å²) in [5, 5.41) is 3.73. The number of benzene rings is 2. The Labute approximate surface area is 174 Å². The van der Waals surface area contributed by atoms with Crippen molar-refractivity contribution in [3.8, 4) is 11.5 Å². The van der Waals surface area contributed by atoms with Crippen molar-refractivity contribution in [3.63, 3.8) is 0 Å². The van der Waals surface area contributed by atoms with Crippen LogP contribution in [-0.4, -0.2) is 31.4 Å². The number of rotatable bonds is 5. The van der Waals surface area contributed by atoms with Gasteiger partial charge in [0.25, 0.3) is 0 Å². The van der Waals surface area contributed by atoms with Crippen molar-refractivity contribution in [1.29, 1.82) is 0 Å². The number of aliphatic imine (C=N–C) groups is 1. The van der Waals surface area contributed by atoms with E-state index in [0.717, 1.165) is 17.5 Å². The predicted molar refractivity (Wildman–Crippen MR) is 114 cm³/mol. The average Bonchev–Trinajstić information content (AvgIpc) is 2.62. The van der Waals surface area contributed by atoms with Crippen LogP contribution in [0, 0.1) is 0 Å². The fourth-order valence-electron chi connectivity index (χ4n) is 3.34. The van der Waals surface area contributed by atoms with E-state index in [9.17, 15) is 4.79 Å². The molecule has 0 fully saturated rings. The van der Waals surface area contributed by atoms with E-state index < -0.39 is 0 Å². The first kappa shape index (κ1) is 20.5. The van der Waals surface area contributed by atoms with Gasteiger partial charge in [0.2, 0.25) is 5.91 Å². The number of halogens is 2. The molecule has 0 atom stereocenters. The van der Waals surface area contributed by atoms with Gasteiger partial charge in [-0.1, -0.05) is 23.2 Å². The number of fused-ring (bicyclic) bond motifs is 1. The third kappa shape index (κ3) is 4.42. The summed E-state index contributed by atoms with van der Waals surface area (Å²) in [4.78, 5) is 17.5. The summed E-state index contributed by atoms with van der Waals surface area (Å²) in [5.41, 5.74) is 2.87. The molecular weight excluding hydrogens is 399 g/mol. The topological polar surface area (TPSA) is 59.9 Å². The lowest BCUT2D eigenvalue weighted by Crippen LogP contribution is -2.31. The number of ether oxygens (including phenoxy) is 2. The van der Waals surface area contributed by atoms with Gasteiger partial charge in [0.05, 0.1) is 42.6 Å². The second kappa shape index (κ2) is 8.02. The minimum atomic E-state index is -0.319. The number of hydrogen-bond acceptors (Lipinski definition) is 4. The smallest absolute Gasteiger partial charge is 0.230 e. The number of carbonyl (C=O) groups excluding carboxylic acids is 1. The summed E-state index contributed by atoms with van der Waals surface area (Å²) in [7, 11) is 3.19. The Morgan fingerprint density at radius 3 is 2.46 bits per heavy atom. The molecule has 1 N–H and O–H groups in total. The highest BCUT2D eigenvalue weighted by molar-refractivity contribution is 6.36. The van der Waals surface area contributed by atoms with Crippen LogP contribution in [0.1, 0.15) is 31.4 Å². The second-order valence-electron chi connectivity index (χ2n) is 7.26. The van der Waals surface area contributed by atoms with E-state index in [2.05, 4.69) is 5.32 Å². The van der Waals surface area contributed by atoms with E-state index >= 15 is 0 Å². The van der Waals surface area contributed by atoms with Crippen molar-refractivity contribution in [2.75, 3.05) is 19.5 Å². The van der Waals surface area contributed by atoms with E-state index in [1.165, 1.54) is 0 Å². The summed E-state index contributed by atoms with van der Waals surface area (Å²) in [5.74, 6) is 1.06. The van der Waals surface area contributed by atoms with Crippen LogP contribution < -0.4 is 14.8 Å². The Morgan fingerprint density at radius 2 is 1.82 bits per heavy atom. The third-order valence-corrected chi connectivity index (χ3v) is 5.06. The van der Waals surface area contributed by atoms with Crippen molar-refractivity contribution < 1.29 is 14.3 Å². The highest BCUT2D eigenvalue weighted by Gasteiger charge is 2.29. The fraction of sp³-hybridized carbons (Fsp3) is 0.333. The molecule has 3 rings (SSSR count). The molecule has 1 aliphatic heterocycles. The molecule has 1 aliphatic rings. The molecule has 0 aromatic heterocycles. The molecule has 5 nitrogen and oxygen atoms in total. The molecule has 2 aromatic rings. The molecule has 28 heavy (non-hydrogen) atoms. The number of hydrogen-bond donors (Lipinski definition) is 1. The Balaban J connectivity index is 1.90. The summed E-state index contributed by atoms with van der Waals surface area (Å²) < 4.78 is 10.8. The van der Waals surface area contributed by atoms with Gasteiger partial charge in [0.15, 0.2) is 11.5 Å². The zero-order valence-corrected chi connectivity index (χ0v) is 17.7. The fourth-order valence-corrected chi connectivity index (χ4v) is 3.79. The summed E-state index contributed by atoms with van der Waals surface area (Å²) >= 11 is 12.1. The molecule has 148 valence electrons. The lowest BCUT2D eigenvalue weighted by molar-refractivity contribution is -0.115. The van der Waals surface area contributed by atoms with Crippen LogP contribution in [0.2, 0.25) is 10.0 Å². The third-order valence-electron chi connectivity index (χ3n) is 4.51. The minimum Gasteiger partial charge on any atom is -0.493 e. The van der Waals surface area contributed by atoms with Crippen LogP contribution in [0.5, 0.6) is 11.5 Å². The normalized spacial score (nSPS) is 14.7. The highest BCUT2D eigenvalue weighted by Crippen LogP contribution is 2.36. The Morgan fingerprint density at radius 1 is 1.14 bits per heavy atom. The van der Waals surface area contributed by atoms with Gasteiger partial charge < -0.3 is 14.8 Å². The van der Waals surface area contributed by atoms with Gasteiger partial charge in [-0.25, -0.2) is 0 Å². The number of carbonyl (C=O) groups is 1. The minimum absolute atomic E-state index is 0.116. The molecule has 0 radical (unpaired) electrons.